The number of nitrogens with zero attached hydrogens (tertiary/aromatic N) is 4. The van der Waals surface area contributed by atoms with Gasteiger partial charge in [-0.3, -0.25) is 9.80 Å². The predicted octanol–water partition coefficient (Wildman–Crippen LogP) is 12.6. The smallest absolute Gasteiger partial charge is 0.208 e. The number of phenols is 20. The van der Waals surface area contributed by atoms with Crippen LogP contribution in [0.1, 0.15) is 0 Å². The summed E-state index contributed by atoms with van der Waals surface area (Å²) in [5, 5.41) is 221. The lowest BCUT2D eigenvalue weighted by molar-refractivity contribution is 0.326. The van der Waals surface area contributed by atoms with Crippen LogP contribution in [0.4, 0.5) is 68.2 Å². The van der Waals surface area contributed by atoms with Gasteiger partial charge in [-0.2, -0.15) is 0 Å². The Morgan fingerprint density at radius 1 is 0.170 bits per heavy atom. The molecule has 0 amide bonds. The zero-order chi connectivity index (χ0) is 62.6. The molecule has 0 saturated heterocycles. The van der Waals surface area contributed by atoms with Crippen LogP contribution in [-0.2, 0) is 0 Å². The molecule has 0 aromatic heterocycles. The Morgan fingerprint density at radius 3 is 0.602 bits per heavy atom. The third kappa shape index (κ3) is 8.16. The molecule has 20 N–H and O–H groups in total. The molecule has 88 heavy (non-hydrogen) atoms. The van der Waals surface area contributed by atoms with Gasteiger partial charge in [-0.1, -0.05) is 72.8 Å². The van der Waals surface area contributed by atoms with E-state index in [1.165, 1.54) is 24.3 Å². The first-order valence-corrected chi connectivity index (χ1v) is 26.0. The van der Waals surface area contributed by atoms with Crippen molar-refractivity contribution < 1.29 is 102 Å². The van der Waals surface area contributed by atoms with E-state index in [-0.39, 0.29) is 11.4 Å². The van der Waals surface area contributed by atoms with Crippen LogP contribution in [0.15, 0.2) is 158 Å². The number of benzene rings is 12. The highest BCUT2D eigenvalue weighted by molar-refractivity contribution is 6.28. The highest BCUT2D eigenvalue weighted by atomic mass is 16.4. The molecule has 0 aliphatic carbocycles. The minimum atomic E-state index is -1.36. The zero-order valence-electron chi connectivity index (χ0n) is 44.7. The lowest BCUT2D eigenvalue weighted by Gasteiger charge is -2.31. The Kier molecular flexibility index (Phi) is 12.8. The minimum absolute atomic E-state index is 0.201. The number of rotatable bonds is 12. The molecule has 0 bridgehead atoms. The highest BCUT2D eigenvalue weighted by Crippen LogP contribution is 2.66. The highest BCUT2D eigenvalue weighted by Gasteiger charge is 2.38. The maximum absolute atomic E-state index is 11.2. The second-order valence-electron chi connectivity index (χ2n) is 20.0. The Labute approximate surface area is 493 Å². The molecule has 0 atom stereocenters. The molecule has 0 unspecified atom stereocenters. The predicted molar refractivity (Wildman–Crippen MR) is 322 cm³/mol. The maximum atomic E-state index is 11.2. The summed E-state index contributed by atoms with van der Waals surface area (Å²) < 4.78 is 0. The van der Waals surface area contributed by atoms with E-state index >= 15 is 0 Å². The molecule has 24 heteroatoms. The Morgan fingerprint density at radius 2 is 0.364 bits per heavy atom. The normalized spacial score (nSPS) is 11.4. The van der Waals surface area contributed by atoms with Crippen molar-refractivity contribution in [3.05, 3.63) is 158 Å². The Hall–Kier alpha value is -13.1. The zero-order valence-corrected chi connectivity index (χ0v) is 44.7. The van der Waals surface area contributed by atoms with E-state index in [1.54, 1.807) is 48.5 Å². The van der Waals surface area contributed by atoms with Gasteiger partial charge in [-0.25, -0.2) is 0 Å². The SMILES string of the molecule is Oc1c(O)c(O)c(N(c2ccc(N(c3ccccc3)c3ccc4ccc5c(N(c6ccccc6)c6ccc(N(c7c(O)c(O)c(O)c(O)c7O)c7c(O)c(O)c(O)c(O)c7O)cc6)ccc6ccc3c4c65)cc2)c2c(O)c(O)c(O)c(O)c2O)c(O)c1O. The van der Waals surface area contributed by atoms with E-state index in [1.807, 2.05) is 94.7 Å². The van der Waals surface area contributed by atoms with Gasteiger partial charge in [-0.05, 0) is 106 Å². The number of phenolic OH excluding ortho intramolecular Hbond substituents is 20. The lowest BCUT2D eigenvalue weighted by Crippen LogP contribution is -2.13. The van der Waals surface area contributed by atoms with Crippen LogP contribution in [0.3, 0.4) is 0 Å². The standard InChI is InChI=1S/C64H46N4O20/c69-45-41(46(70)54(78)61(85)53(45)77)67(42-47(71)55(79)62(86)56(80)48(42)72)33-19-15-31(16-20-33)65(29-7-3-1-4-8-29)37-25-13-27-12-24-36-38(26-14-28-11-23-35(37)39(27)40(28)36)66(30-9-5-2-6-10-30)32-17-21-34(22-18-32)68(43-49(73)57(81)63(87)58(82)50(43)74)44-51(75)59(83)64(88)60(84)52(44)76/h1-26,69-88H. The topological polar surface area (TPSA) is 418 Å². The molecule has 0 spiro atoms. The number of anilines is 12. The summed E-state index contributed by atoms with van der Waals surface area (Å²) in [5.74, 6) is -26.7. The van der Waals surface area contributed by atoms with Crippen LogP contribution >= 0.6 is 0 Å². The average Bonchev–Trinajstić information content (AvgIpc) is 1.02. The molecule has 12 aromatic carbocycles. The van der Waals surface area contributed by atoms with Crippen molar-refractivity contribution in [3.8, 4) is 115 Å². The molecule has 12 rings (SSSR count). The van der Waals surface area contributed by atoms with Gasteiger partial charge in [-0.15, -0.1) is 0 Å². The molecule has 12 aromatic rings. The van der Waals surface area contributed by atoms with Gasteiger partial charge in [0.25, 0.3) is 0 Å². The minimum Gasteiger partial charge on any atom is -0.503 e. The number of aromatic hydroxyl groups is 20. The molecule has 0 saturated carbocycles. The second kappa shape index (κ2) is 20.3. The Balaban J connectivity index is 1.02. The molecule has 0 radical (unpaired) electrons. The molecule has 0 fully saturated rings. The Bertz CT molecular complexity index is 4260. The summed E-state index contributed by atoms with van der Waals surface area (Å²) in [6.45, 7) is 0. The summed E-state index contributed by atoms with van der Waals surface area (Å²) in [6.07, 6.45) is 0. The van der Waals surface area contributed by atoms with Crippen LogP contribution < -0.4 is 19.6 Å². The van der Waals surface area contributed by atoms with Crippen molar-refractivity contribution in [2.75, 3.05) is 19.6 Å². The van der Waals surface area contributed by atoms with E-state index < -0.39 is 138 Å². The number of para-hydroxylation sites is 2. The lowest BCUT2D eigenvalue weighted by atomic mass is 9.91. The summed E-state index contributed by atoms with van der Waals surface area (Å²) in [7, 11) is 0. The average molecular weight is 1190 g/mol. The van der Waals surface area contributed by atoms with Gasteiger partial charge in [0, 0.05) is 44.9 Å². The third-order valence-electron chi connectivity index (χ3n) is 15.1. The first-order chi connectivity index (χ1) is 42.0. The van der Waals surface area contributed by atoms with Crippen LogP contribution in [0.25, 0.3) is 32.3 Å². The van der Waals surface area contributed by atoms with Crippen molar-refractivity contribution >= 4 is 101 Å². The van der Waals surface area contributed by atoms with Gasteiger partial charge in [0.15, 0.2) is 46.0 Å². The number of hydrogen-bond acceptors (Lipinski definition) is 24. The summed E-state index contributed by atoms with van der Waals surface area (Å²) >= 11 is 0. The van der Waals surface area contributed by atoms with Crippen molar-refractivity contribution in [2.24, 2.45) is 0 Å². The third-order valence-corrected chi connectivity index (χ3v) is 15.1. The van der Waals surface area contributed by atoms with Gasteiger partial charge in [0.05, 0.1) is 11.4 Å². The molecule has 0 heterocycles. The summed E-state index contributed by atoms with van der Waals surface area (Å²) in [5.41, 5.74) is -0.963. The van der Waals surface area contributed by atoms with Crippen LogP contribution in [0, 0.1) is 0 Å². The quantitative estimate of drug-likeness (QED) is 0.0307. The molecule has 24 nitrogen and oxygen atoms in total. The van der Waals surface area contributed by atoms with Crippen molar-refractivity contribution in [2.45, 2.75) is 0 Å². The molecular weight excluding hydrogens is 1140 g/mol. The van der Waals surface area contributed by atoms with Crippen LogP contribution in [-0.4, -0.2) is 102 Å². The molecule has 0 aliphatic rings. The monoisotopic (exact) mass is 1190 g/mol. The van der Waals surface area contributed by atoms with Crippen LogP contribution in [0.2, 0.25) is 0 Å². The molecule has 0 aliphatic heterocycles. The van der Waals surface area contributed by atoms with E-state index in [4.69, 9.17) is 0 Å². The van der Waals surface area contributed by atoms with Crippen molar-refractivity contribution in [1.82, 2.24) is 0 Å². The maximum Gasteiger partial charge on any atom is 0.208 e. The summed E-state index contributed by atoms with van der Waals surface area (Å²) in [4.78, 5) is 5.04. The van der Waals surface area contributed by atoms with Gasteiger partial charge < -0.3 is 112 Å². The van der Waals surface area contributed by atoms with E-state index in [2.05, 4.69) is 0 Å². The summed E-state index contributed by atoms with van der Waals surface area (Å²) in [6, 6.07) is 45.2. The fraction of sp³-hybridized carbons (Fsp3) is 0. The van der Waals surface area contributed by atoms with Crippen molar-refractivity contribution in [1.29, 1.82) is 0 Å². The van der Waals surface area contributed by atoms with Crippen LogP contribution in [0.5, 0.6) is 115 Å². The van der Waals surface area contributed by atoms with E-state index in [0.717, 1.165) is 32.3 Å². The van der Waals surface area contributed by atoms with Gasteiger partial charge in [0.1, 0.15) is 22.7 Å². The van der Waals surface area contributed by atoms with Gasteiger partial charge in [0.2, 0.25) is 69.0 Å². The fourth-order valence-electron chi connectivity index (χ4n) is 10.9. The molecule has 442 valence electrons. The van der Waals surface area contributed by atoms with Crippen molar-refractivity contribution in [3.63, 3.8) is 0 Å². The first-order valence-electron chi connectivity index (χ1n) is 26.0. The number of hydrogen-bond donors (Lipinski definition) is 20. The molecular formula is C64H46N4O20. The van der Waals surface area contributed by atoms with E-state index in [9.17, 15) is 102 Å². The fourth-order valence-corrected chi connectivity index (χ4v) is 10.9. The van der Waals surface area contributed by atoms with E-state index in [0.29, 0.717) is 43.9 Å². The largest absolute Gasteiger partial charge is 0.503 e. The van der Waals surface area contributed by atoms with Gasteiger partial charge >= 0.3 is 0 Å². The second-order valence-corrected chi connectivity index (χ2v) is 20.0. The first kappa shape index (κ1) is 55.4.